The molecule has 2 heterocycles. The molecule has 0 fully saturated rings. The smallest absolute Gasteiger partial charge is 0.251 e. The number of amides is 2. The lowest BCUT2D eigenvalue weighted by Gasteiger charge is -2.12. The number of fused-ring (bicyclic) bond motifs is 1. The van der Waals surface area contributed by atoms with E-state index in [4.69, 9.17) is 23.2 Å². The monoisotopic (exact) mass is 582 g/mol. The zero-order chi connectivity index (χ0) is 26.6. The number of carbonyl (C=O) groups excluding carboxylic acids is 2. The summed E-state index contributed by atoms with van der Waals surface area (Å²) in [7, 11) is 0. The van der Waals surface area contributed by atoms with Crippen molar-refractivity contribution in [3.8, 4) is 5.69 Å². The molecule has 0 bridgehead atoms. The molecule has 38 heavy (non-hydrogen) atoms. The Morgan fingerprint density at radius 2 is 1.84 bits per heavy atom. The molecule has 2 amide bonds. The van der Waals surface area contributed by atoms with Crippen LogP contribution < -0.4 is 10.6 Å². The van der Waals surface area contributed by atoms with Crippen molar-refractivity contribution in [3.05, 3.63) is 93.7 Å². The zero-order valence-electron chi connectivity index (χ0n) is 19.9. The average Bonchev–Trinajstić information content (AvgIpc) is 3.51. The largest absolute Gasteiger partial charge is 0.345 e. The Kier molecular flexibility index (Phi) is 7.94. The Balaban J connectivity index is 1.33. The maximum atomic E-state index is 12.7. The van der Waals surface area contributed by atoms with Gasteiger partial charge in [0.2, 0.25) is 5.91 Å². The van der Waals surface area contributed by atoms with Crippen molar-refractivity contribution in [2.75, 3.05) is 11.1 Å². The number of carbonyl (C=O) groups is 2. The lowest BCUT2D eigenvalue weighted by molar-refractivity contribution is -0.113. The lowest BCUT2D eigenvalue weighted by Crippen LogP contribution is -2.24. The molecule has 0 aliphatic rings. The molecule has 2 aromatic heterocycles. The highest BCUT2D eigenvalue weighted by molar-refractivity contribution is 7.99. The minimum Gasteiger partial charge on any atom is -0.345 e. The molecule has 2 N–H and O–H groups in total. The van der Waals surface area contributed by atoms with Gasteiger partial charge in [-0.3, -0.25) is 14.2 Å². The molecule has 0 saturated heterocycles. The van der Waals surface area contributed by atoms with Crippen LogP contribution in [0.3, 0.4) is 0 Å². The van der Waals surface area contributed by atoms with Crippen LogP contribution in [0, 0.1) is 6.92 Å². The van der Waals surface area contributed by atoms with Crippen molar-refractivity contribution < 1.29 is 9.59 Å². The van der Waals surface area contributed by atoms with E-state index in [2.05, 4.69) is 25.8 Å². The highest BCUT2D eigenvalue weighted by atomic mass is 35.5. The van der Waals surface area contributed by atoms with Gasteiger partial charge in [-0.1, -0.05) is 76.1 Å². The molecule has 0 unspecified atom stereocenters. The van der Waals surface area contributed by atoms with Gasteiger partial charge in [0.05, 0.1) is 38.2 Å². The second-order valence-electron chi connectivity index (χ2n) is 8.21. The number of aryl methyl sites for hydroxylation is 1. The molecule has 5 aromatic rings. The van der Waals surface area contributed by atoms with Crippen LogP contribution in [-0.4, -0.2) is 37.3 Å². The van der Waals surface area contributed by atoms with Crippen LogP contribution in [0.5, 0.6) is 0 Å². The zero-order valence-corrected chi connectivity index (χ0v) is 23.1. The minimum absolute atomic E-state index is 0.0744. The minimum atomic E-state index is -0.234. The number of benzene rings is 3. The number of rotatable bonds is 8. The Hall–Kier alpha value is -3.44. The molecule has 192 valence electrons. The number of halogens is 2. The van der Waals surface area contributed by atoms with E-state index in [-0.39, 0.29) is 24.1 Å². The SMILES string of the molecule is Cc1cccc(C(=O)NCc2nnc(SCC(=O)Nc3nc4ccccc4s3)n2-c2ccc(Cl)c(Cl)c2)c1. The number of anilines is 1. The third kappa shape index (κ3) is 5.99. The summed E-state index contributed by atoms with van der Waals surface area (Å²) in [6.07, 6.45) is 0. The first-order chi connectivity index (χ1) is 18.4. The molecule has 0 saturated carbocycles. The topological polar surface area (TPSA) is 102 Å². The average molecular weight is 584 g/mol. The quantitative estimate of drug-likeness (QED) is 0.213. The molecule has 3 aromatic carbocycles. The third-order valence-electron chi connectivity index (χ3n) is 5.42. The number of aromatic nitrogens is 4. The summed E-state index contributed by atoms with van der Waals surface area (Å²) in [6, 6.07) is 20.1. The van der Waals surface area contributed by atoms with Gasteiger partial charge in [-0.15, -0.1) is 10.2 Å². The summed E-state index contributed by atoms with van der Waals surface area (Å²) in [6.45, 7) is 2.03. The Bertz CT molecular complexity index is 1620. The van der Waals surface area contributed by atoms with Crippen LogP contribution in [0.15, 0.2) is 71.9 Å². The Morgan fingerprint density at radius 3 is 2.63 bits per heavy atom. The van der Waals surface area contributed by atoms with Gasteiger partial charge >= 0.3 is 0 Å². The molecule has 5 rings (SSSR count). The second kappa shape index (κ2) is 11.5. The summed E-state index contributed by atoms with van der Waals surface area (Å²) >= 11 is 15.0. The normalized spacial score (nSPS) is 11.0. The van der Waals surface area contributed by atoms with Crippen LogP contribution in [0.1, 0.15) is 21.7 Å². The van der Waals surface area contributed by atoms with Crippen LogP contribution >= 0.6 is 46.3 Å². The number of para-hydroxylation sites is 1. The highest BCUT2D eigenvalue weighted by Crippen LogP contribution is 2.29. The van der Waals surface area contributed by atoms with E-state index < -0.39 is 0 Å². The number of hydrogen-bond acceptors (Lipinski definition) is 7. The van der Waals surface area contributed by atoms with Gasteiger partial charge in [0.25, 0.3) is 5.91 Å². The van der Waals surface area contributed by atoms with Gasteiger partial charge in [0, 0.05) is 5.56 Å². The first-order valence-electron chi connectivity index (χ1n) is 11.4. The van der Waals surface area contributed by atoms with E-state index in [0.29, 0.717) is 37.4 Å². The molecule has 0 radical (unpaired) electrons. The fourth-order valence-electron chi connectivity index (χ4n) is 3.65. The molecule has 0 aliphatic heterocycles. The van der Waals surface area contributed by atoms with Gasteiger partial charge in [-0.05, 0) is 49.4 Å². The number of thioether (sulfide) groups is 1. The fraction of sp³-hybridized carbons (Fsp3) is 0.115. The van der Waals surface area contributed by atoms with Gasteiger partial charge in [-0.2, -0.15) is 0 Å². The molecular formula is C26H20Cl2N6O2S2. The fourth-order valence-corrected chi connectivity index (χ4v) is 5.60. The van der Waals surface area contributed by atoms with Crippen molar-refractivity contribution in [2.45, 2.75) is 18.6 Å². The third-order valence-corrected chi connectivity index (χ3v) is 8.04. The second-order valence-corrected chi connectivity index (χ2v) is 11.0. The summed E-state index contributed by atoms with van der Waals surface area (Å²) in [5.74, 6) is 0.0812. The van der Waals surface area contributed by atoms with Crippen molar-refractivity contribution >= 4 is 73.5 Å². The van der Waals surface area contributed by atoms with Gasteiger partial charge in [0.15, 0.2) is 16.1 Å². The lowest BCUT2D eigenvalue weighted by atomic mass is 10.1. The summed E-state index contributed by atoms with van der Waals surface area (Å²) in [5.41, 5.74) is 3.02. The molecule has 0 spiro atoms. The summed E-state index contributed by atoms with van der Waals surface area (Å²) < 4.78 is 2.74. The number of hydrogen-bond donors (Lipinski definition) is 2. The van der Waals surface area contributed by atoms with Gasteiger partial charge in [-0.25, -0.2) is 4.98 Å². The standard InChI is InChI=1S/C26H20Cl2N6O2S2/c1-15-5-4-6-16(11-15)24(36)29-13-22-32-33-26(34(22)17-9-10-18(27)19(28)12-17)37-14-23(35)31-25-30-20-7-2-3-8-21(20)38-25/h2-12H,13-14H2,1H3,(H,29,36)(H,30,31,35). The van der Waals surface area contributed by atoms with Crippen LogP contribution in [0.25, 0.3) is 15.9 Å². The number of nitrogens with zero attached hydrogens (tertiary/aromatic N) is 4. The number of nitrogens with one attached hydrogen (secondary N) is 2. The van der Waals surface area contributed by atoms with Crippen molar-refractivity contribution in [3.63, 3.8) is 0 Å². The molecule has 0 atom stereocenters. The summed E-state index contributed by atoms with van der Waals surface area (Å²) in [4.78, 5) is 29.8. The van der Waals surface area contributed by atoms with Crippen molar-refractivity contribution in [1.82, 2.24) is 25.1 Å². The molecule has 12 heteroatoms. The van der Waals surface area contributed by atoms with E-state index in [1.165, 1.54) is 23.1 Å². The first-order valence-corrected chi connectivity index (χ1v) is 14.0. The van der Waals surface area contributed by atoms with Crippen molar-refractivity contribution in [2.24, 2.45) is 0 Å². The van der Waals surface area contributed by atoms with Crippen molar-refractivity contribution in [1.29, 1.82) is 0 Å². The van der Waals surface area contributed by atoms with E-state index in [9.17, 15) is 9.59 Å². The molecule has 8 nitrogen and oxygen atoms in total. The van der Waals surface area contributed by atoms with Crippen LogP contribution in [0.4, 0.5) is 5.13 Å². The highest BCUT2D eigenvalue weighted by Gasteiger charge is 2.18. The maximum absolute atomic E-state index is 12.7. The molecule has 0 aliphatic carbocycles. The Labute approximate surface area is 236 Å². The first kappa shape index (κ1) is 26.2. The Morgan fingerprint density at radius 1 is 1.00 bits per heavy atom. The molecular weight excluding hydrogens is 563 g/mol. The summed E-state index contributed by atoms with van der Waals surface area (Å²) in [5, 5.41) is 16.0. The van der Waals surface area contributed by atoms with Gasteiger partial charge in [0.1, 0.15) is 0 Å². The van der Waals surface area contributed by atoms with E-state index in [0.717, 1.165) is 15.8 Å². The van der Waals surface area contributed by atoms with Gasteiger partial charge < -0.3 is 10.6 Å². The predicted molar refractivity (Wildman–Crippen MR) is 153 cm³/mol. The van der Waals surface area contributed by atoms with E-state index >= 15 is 0 Å². The maximum Gasteiger partial charge on any atom is 0.251 e. The van der Waals surface area contributed by atoms with Crippen LogP contribution in [-0.2, 0) is 11.3 Å². The number of thiazole rings is 1. The van der Waals surface area contributed by atoms with E-state index in [1.807, 2.05) is 49.4 Å². The predicted octanol–water partition coefficient (Wildman–Crippen LogP) is 6.15. The van der Waals surface area contributed by atoms with E-state index in [1.54, 1.807) is 28.8 Å². The van der Waals surface area contributed by atoms with Crippen LogP contribution in [0.2, 0.25) is 10.0 Å².